The Bertz CT molecular complexity index is 154. The van der Waals surface area contributed by atoms with Crippen LogP contribution in [0, 0.1) is 0 Å². The molecule has 1 aliphatic rings. The number of ketones is 1. The van der Waals surface area contributed by atoms with E-state index in [9.17, 15) is 9.59 Å². The number of hydrogen-bond donors (Lipinski definition) is 1. The van der Waals surface area contributed by atoms with Crippen LogP contribution < -0.4 is 0 Å². The van der Waals surface area contributed by atoms with Crippen molar-refractivity contribution in [3.8, 4) is 0 Å². The van der Waals surface area contributed by atoms with Gasteiger partial charge in [-0.15, -0.1) is 0 Å². The van der Waals surface area contributed by atoms with E-state index < -0.39 is 0 Å². The Hall–Kier alpha value is -0.700. The van der Waals surface area contributed by atoms with Crippen molar-refractivity contribution in [2.45, 2.75) is 71.8 Å². The van der Waals surface area contributed by atoms with Crippen LogP contribution in [0.4, 0.5) is 0 Å². The van der Waals surface area contributed by atoms with Crippen LogP contribution >= 0.6 is 0 Å². The van der Waals surface area contributed by atoms with E-state index in [0.717, 1.165) is 38.4 Å². The molecule has 0 aromatic rings. The lowest BCUT2D eigenvalue weighted by Crippen LogP contribution is -2.02. The first-order chi connectivity index (χ1) is 7.54. The minimum Gasteiger partial charge on any atom is -0.394 e. The molecule has 1 saturated carbocycles. The molecule has 1 fully saturated rings. The lowest BCUT2D eigenvalue weighted by Gasteiger charge is -2.05. The second-order valence-corrected chi connectivity index (χ2v) is 4.15. The standard InChI is InChI=1S/C6H10O.C4H8O.C3H8O/c7-6-4-2-1-3-5-6;1-2-3-4-5;1-3(2)4/h1-5H2;4H,2-3H2,1H3;3-4H,1-2H3. The number of carbonyl (C=O) groups is 2. The zero-order valence-electron chi connectivity index (χ0n) is 10.9. The van der Waals surface area contributed by atoms with Crippen molar-refractivity contribution < 1.29 is 14.7 Å². The maximum absolute atomic E-state index is 10.5. The van der Waals surface area contributed by atoms with E-state index >= 15 is 0 Å². The van der Waals surface area contributed by atoms with Crippen molar-refractivity contribution >= 4 is 12.1 Å². The van der Waals surface area contributed by atoms with E-state index in [0.29, 0.717) is 12.2 Å². The summed E-state index contributed by atoms with van der Waals surface area (Å²) in [6.45, 7) is 5.43. The normalized spacial score (nSPS) is 14.4. The Morgan fingerprint density at radius 1 is 1.25 bits per heavy atom. The van der Waals surface area contributed by atoms with Gasteiger partial charge in [0, 0.05) is 25.4 Å². The minimum absolute atomic E-state index is 0.167. The van der Waals surface area contributed by atoms with Crippen LogP contribution in [0.1, 0.15) is 65.7 Å². The lowest BCUT2D eigenvalue weighted by molar-refractivity contribution is -0.120. The predicted molar refractivity (Wildman–Crippen MR) is 66.4 cm³/mol. The number of aldehydes is 1. The molecule has 0 amide bonds. The highest BCUT2D eigenvalue weighted by Gasteiger charge is 2.05. The van der Waals surface area contributed by atoms with Crippen LogP contribution in [0.3, 0.4) is 0 Å². The van der Waals surface area contributed by atoms with E-state index in [4.69, 9.17) is 5.11 Å². The van der Waals surface area contributed by atoms with Gasteiger partial charge < -0.3 is 9.90 Å². The SMILES string of the molecule is CC(C)O.CCCC=O.O=C1CCCCC1. The second kappa shape index (κ2) is 14.3. The minimum atomic E-state index is -0.167. The zero-order valence-corrected chi connectivity index (χ0v) is 10.9. The molecule has 1 rings (SSSR count). The van der Waals surface area contributed by atoms with Crippen LogP contribution in [0.2, 0.25) is 0 Å². The van der Waals surface area contributed by atoms with Crippen LogP contribution in [-0.2, 0) is 9.59 Å². The molecule has 0 aromatic carbocycles. The molecule has 16 heavy (non-hydrogen) atoms. The molecule has 3 nitrogen and oxygen atoms in total. The van der Waals surface area contributed by atoms with Gasteiger partial charge in [0.15, 0.2) is 0 Å². The van der Waals surface area contributed by atoms with Crippen molar-refractivity contribution in [2.75, 3.05) is 0 Å². The second-order valence-electron chi connectivity index (χ2n) is 4.15. The third-order valence-corrected chi connectivity index (χ3v) is 1.82. The maximum atomic E-state index is 10.5. The van der Waals surface area contributed by atoms with Gasteiger partial charge in [0.05, 0.1) is 0 Å². The topological polar surface area (TPSA) is 54.4 Å². The molecular weight excluding hydrogens is 204 g/mol. The van der Waals surface area contributed by atoms with Gasteiger partial charge >= 0.3 is 0 Å². The van der Waals surface area contributed by atoms with Gasteiger partial charge in [0.2, 0.25) is 0 Å². The molecule has 0 radical (unpaired) electrons. The summed E-state index contributed by atoms with van der Waals surface area (Å²) in [5.74, 6) is 0.464. The summed E-state index contributed by atoms with van der Waals surface area (Å²) in [5.41, 5.74) is 0. The first-order valence-corrected chi connectivity index (χ1v) is 6.18. The van der Waals surface area contributed by atoms with Crippen molar-refractivity contribution in [2.24, 2.45) is 0 Å². The summed E-state index contributed by atoms with van der Waals surface area (Å²) in [4.78, 5) is 19.9. The first-order valence-electron chi connectivity index (χ1n) is 6.18. The molecule has 0 atom stereocenters. The summed E-state index contributed by atoms with van der Waals surface area (Å²) >= 11 is 0. The summed E-state index contributed by atoms with van der Waals surface area (Å²) in [6, 6.07) is 0. The predicted octanol–water partition coefficient (Wildman–Crippen LogP) is 2.89. The van der Waals surface area contributed by atoms with E-state index in [1.54, 1.807) is 13.8 Å². The molecule has 0 spiro atoms. The van der Waals surface area contributed by atoms with Gasteiger partial charge in [-0.1, -0.05) is 13.3 Å². The molecule has 0 bridgehead atoms. The molecule has 96 valence electrons. The monoisotopic (exact) mass is 230 g/mol. The highest BCUT2D eigenvalue weighted by molar-refractivity contribution is 5.78. The third kappa shape index (κ3) is 23.3. The van der Waals surface area contributed by atoms with Crippen molar-refractivity contribution in [3.63, 3.8) is 0 Å². The summed E-state index contributed by atoms with van der Waals surface area (Å²) < 4.78 is 0. The van der Waals surface area contributed by atoms with Crippen molar-refractivity contribution in [1.29, 1.82) is 0 Å². The zero-order chi connectivity index (χ0) is 12.8. The van der Waals surface area contributed by atoms with Gasteiger partial charge in [-0.25, -0.2) is 0 Å². The van der Waals surface area contributed by atoms with Gasteiger partial charge in [-0.2, -0.15) is 0 Å². The summed E-state index contributed by atoms with van der Waals surface area (Å²) in [5, 5.41) is 8.06. The average molecular weight is 230 g/mol. The third-order valence-electron chi connectivity index (χ3n) is 1.82. The number of aliphatic hydroxyl groups is 1. The molecule has 0 aliphatic heterocycles. The first kappa shape index (κ1) is 17.7. The number of rotatable bonds is 2. The lowest BCUT2D eigenvalue weighted by atomic mass is 10.00. The smallest absolute Gasteiger partial charge is 0.132 e. The van der Waals surface area contributed by atoms with Gasteiger partial charge in [-0.05, 0) is 33.1 Å². The Morgan fingerprint density at radius 3 is 1.81 bits per heavy atom. The van der Waals surface area contributed by atoms with Crippen molar-refractivity contribution in [3.05, 3.63) is 0 Å². The fraction of sp³-hybridized carbons (Fsp3) is 0.846. The van der Waals surface area contributed by atoms with Gasteiger partial charge in [-0.3, -0.25) is 4.79 Å². The molecule has 0 aromatic heterocycles. The molecule has 0 saturated heterocycles. The van der Waals surface area contributed by atoms with Crippen LogP contribution in [-0.4, -0.2) is 23.3 Å². The van der Waals surface area contributed by atoms with Gasteiger partial charge in [0.25, 0.3) is 0 Å². The van der Waals surface area contributed by atoms with Crippen LogP contribution in [0.25, 0.3) is 0 Å². The highest BCUT2D eigenvalue weighted by Crippen LogP contribution is 2.12. The molecule has 1 aliphatic carbocycles. The quantitative estimate of drug-likeness (QED) is 0.742. The number of aliphatic hydroxyl groups excluding tert-OH is 1. The molecular formula is C13H26O3. The van der Waals surface area contributed by atoms with Crippen molar-refractivity contribution in [1.82, 2.24) is 0 Å². The Morgan fingerprint density at radius 2 is 1.69 bits per heavy atom. The fourth-order valence-corrected chi connectivity index (χ4v) is 1.06. The largest absolute Gasteiger partial charge is 0.394 e. The highest BCUT2D eigenvalue weighted by atomic mass is 16.3. The van der Waals surface area contributed by atoms with Gasteiger partial charge in [0.1, 0.15) is 12.1 Å². The number of Topliss-reactive ketones (excluding diaryl/α,β-unsaturated/α-hetero) is 1. The maximum Gasteiger partial charge on any atom is 0.132 e. The Kier molecular flexibility index (Phi) is 15.8. The number of carbonyl (C=O) groups excluding carboxylic acids is 2. The van der Waals surface area contributed by atoms with Crippen LogP contribution in [0.15, 0.2) is 0 Å². The molecule has 0 heterocycles. The van der Waals surface area contributed by atoms with E-state index in [1.807, 2.05) is 6.92 Å². The average Bonchev–Trinajstić information content (AvgIpc) is 2.20. The fourth-order valence-electron chi connectivity index (χ4n) is 1.06. The Labute approximate surface area is 99.2 Å². The molecule has 0 unspecified atom stereocenters. The summed E-state index contributed by atoms with van der Waals surface area (Å²) in [6.07, 6.45) is 7.69. The molecule has 3 heteroatoms. The molecule has 1 N–H and O–H groups in total. The Balaban J connectivity index is 0. The van der Waals surface area contributed by atoms with E-state index in [-0.39, 0.29) is 6.10 Å². The van der Waals surface area contributed by atoms with Crippen LogP contribution in [0.5, 0.6) is 0 Å². The summed E-state index contributed by atoms with van der Waals surface area (Å²) in [7, 11) is 0. The number of unbranched alkanes of at least 4 members (excludes halogenated alkanes) is 1. The number of hydrogen-bond acceptors (Lipinski definition) is 3. The van der Waals surface area contributed by atoms with E-state index in [2.05, 4.69) is 0 Å². The van der Waals surface area contributed by atoms with E-state index in [1.165, 1.54) is 6.42 Å².